The molecule has 3 N–H and O–H groups in total. The monoisotopic (exact) mass is 412 g/mol. The van der Waals surface area contributed by atoms with Crippen molar-refractivity contribution in [1.29, 1.82) is 0 Å². The van der Waals surface area contributed by atoms with Crippen molar-refractivity contribution >= 4 is 23.5 Å². The summed E-state index contributed by atoms with van der Waals surface area (Å²) in [6, 6.07) is 5.57. The number of hydrogen-bond donors (Lipinski definition) is 2. The largest absolute Gasteiger partial charge is 0.461 e. The third-order valence-electron chi connectivity index (χ3n) is 5.10. The van der Waals surface area contributed by atoms with Crippen molar-refractivity contribution in [2.75, 3.05) is 5.73 Å². The van der Waals surface area contributed by atoms with Crippen LogP contribution in [0.3, 0.4) is 0 Å². The van der Waals surface area contributed by atoms with Gasteiger partial charge in [-0.25, -0.2) is 4.98 Å². The highest BCUT2D eigenvalue weighted by Gasteiger charge is 2.25. The van der Waals surface area contributed by atoms with Crippen molar-refractivity contribution in [3.05, 3.63) is 40.5 Å². The van der Waals surface area contributed by atoms with E-state index in [1.54, 1.807) is 6.26 Å². The maximum atomic E-state index is 12.2. The van der Waals surface area contributed by atoms with Gasteiger partial charge in [-0.1, -0.05) is 31.0 Å². The van der Waals surface area contributed by atoms with Crippen LogP contribution in [0, 0.1) is 0 Å². The summed E-state index contributed by atoms with van der Waals surface area (Å²) in [6.45, 7) is 0. The summed E-state index contributed by atoms with van der Waals surface area (Å²) in [5.41, 5.74) is 5.99. The molecule has 29 heavy (non-hydrogen) atoms. The number of rotatable bonds is 5. The first-order valence-corrected chi connectivity index (χ1v) is 10.5. The van der Waals surface area contributed by atoms with Gasteiger partial charge in [-0.3, -0.25) is 14.5 Å². The molecule has 1 saturated carbocycles. The first kappa shape index (κ1) is 18.0. The molecule has 0 atom stereocenters. The molecule has 4 aromatic heterocycles. The molecule has 1 fully saturated rings. The van der Waals surface area contributed by atoms with Gasteiger partial charge in [0, 0.05) is 17.9 Å². The van der Waals surface area contributed by atoms with Gasteiger partial charge in [0.2, 0.25) is 11.8 Å². The number of nitrogens with zero attached hydrogens (tertiary/aromatic N) is 6. The van der Waals surface area contributed by atoms with Crippen LogP contribution in [-0.2, 0) is 5.75 Å². The predicted molar refractivity (Wildman–Crippen MR) is 107 cm³/mol. The quantitative estimate of drug-likeness (QED) is 0.478. The number of thioether (sulfide) groups is 1. The van der Waals surface area contributed by atoms with Crippen LogP contribution in [0.4, 0.5) is 5.95 Å². The Hall–Kier alpha value is -3.08. The number of fused-ring (bicyclic) bond motifs is 1. The topological polar surface area (TPSA) is 133 Å². The molecule has 4 aromatic rings. The summed E-state index contributed by atoms with van der Waals surface area (Å²) in [6.07, 6.45) is 7.48. The van der Waals surface area contributed by atoms with Gasteiger partial charge in [0.25, 0.3) is 11.3 Å². The van der Waals surface area contributed by atoms with Crippen molar-refractivity contribution in [3.63, 3.8) is 0 Å². The number of H-pyrrole nitrogens is 1. The SMILES string of the molecule is Nc1nc2nc(CSc3nnc(-c4ccco4)n3C3CCCCC3)cc(=O)n2[nH]1. The second kappa shape index (κ2) is 7.39. The van der Waals surface area contributed by atoms with Gasteiger partial charge < -0.3 is 10.2 Å². The average Bonchev–Trinajstić information content (AvgIpc) is 3.46. The maximum absolute atomic E-state index is 12.2. The van der Waals surface area contributed by atoms with Gasteiger partial charge in [-0.15, -0.1) is 10.2 Å². The van der Waals surface area contributed by atoms with E-state index in [9.17, 15) is 4.79 Å². The Morgan fingerprint density at radius 1 is 1.24 bits per heavy atom. The lowest BCUT2D eigenvalue weighted by molar-refractivity contribution is 0.337. The fourth-order valence-corrected chi connectivity index (χ4v) is 4.67. The summed E-state index contributed by atoms with van der Waals surface area (Å²) in [4.78, 5) is 20.7. The highest BCUT2D eigenvalue weighted by Crippen LogP contribution is 2.36. The van der Waals surface area contributed by atoms with Crippen LogP contribution in [-0.4, -0.2) is 34.3 Å². The van der Waals surface area contributed by atoms with E-state index in [-0.39, 0.29) is 17.3 Å². The van der Waals surface area contributed by atoms with Crippen LogP contribution in [0.25, 0.3) is 17.4 Å². The Morgan fingerprint density at radius 3 is 2.90 bits per heavy atom. The van der Waals surface area contributed by atoms with E-state index in [0.717, 1.165) is 23.8 Å². The van der Waals surface area contributed by atoms with E-state index < -0.39 is 0 Å². The molecule has 0 radical (unpaired) electrons. The molecule has 0 saturated heterocycles. The second-order valence-electron chi connectivity index (χ2n) is 7.06. The van der Waals surface area contributed by atoms with Crippen LogP contribution in [0.5, 0.6) is 0 Å². The Morgan fingerprint density at radius 2 is 2.10 bits per heavy atom. The number of aromatic amines is 1. The zero-order chi connectivity index (χ0) is 19.8. The highest BCUT2D eigenvalue weighted by molar-refractivity contribution is 7.98. The third kappa shape index (κ3) is 3.41. The number of nitrogens with one attached hydrogen (secondary N) is 1. The molecule has 11 heteroatoms. The molecule has 150 valence electrons. The Kier molecular flexibility index (Phi) is 4.58. The van der Waals surface area contributed by atoms with Gasteiger partial charge in [0.1, 0.15) is 0 Å². The summed E-state index contributed by atoms with van der Waals surface area (Å²) in [5, 5.41) is 12.3. The minimum Gasteiger partial charge on any atom is -0.461 e. The first-order chi connectivity index (χ1) is 14.2. The summed E-state index contributed by atoms with van der Waals surface area (Å²) < 4.78 is 8.99. The van der Waals surface area contributed by atoms with Gasteiger partial charge in [-0.05, 0) is 25.0 Å². The fourth-order valence-electron chi connectivity index (χ4n) is 3.77. The van der Waals surface area contributed by atoms with Crippen molar-refractivity contribution in [2.45, 2.75) is 49.1 Å². The number of nitrogen functional groups attached to an aromatic ring is 1. The molecule has 10 nitrogen and oxygen atoms in total. The highest BCUT2D eigenvalue weighted by atomic mass is 32.2. The number of furan rings is 1. The summed E-state index contributed by atoms with van der Waals surface area (Å²) in [7, 11) is 0. The summed E-state index contributed by atoms with van der Waals surface area (Å²) >= 11 is 1.50. The number of nitrogens with two attached hydrogens (primary N) is 1. The molecular formula is C18H20N8O2S. The number of aromatic nitrogens is 7. The van der Waals surface area contributed by atoms with E-state index in [4.69, 9.17) is 10.2 Å². The molecule has 1 aliphatic carbocycles. The van der Waals surface area contributed by atoms with Crippen molar-refractivity contribution in [1.82, 2.24) is 34.3 Å². The van der Waals surface area contributed by atoms with E-state index in [2.05, 4.69) is 29.8 Å². The molecule has 4 heterocycles. The lowest BCUT2D eigenvalue weighted by Crippen LogP contribution is -2.16. The lowest BCUT2D eigenvalue weighted by Gasteiger charge is -2.25. The van der Waals surface area contributed by atoms with E-state index >= 15 is 0 Å². The fraction of sp³-hybridized carbons (Fsp3) is 0.389. The number of hydrogen-bond acceptors (Lipinski definition) is 8. The Bertz CT molecular complexity index is 1190. The van der Waals surface area contributed by atoms with Gasteiger partial charge in [0.05, 0.1) is 12.0 Å². The molecule has 0 aromatic carbocycles. The van der Waals surface area contributed by atoms with Gasteiger partial charge >= 0.3 is 0 Å². The third-order valence-corrected chi connectivity index (χ3v) is 6.07. The minimum absolute atomic E-state index is 0.152. The van der Waals surface area contributed by atoms with Crippen LogP contribution >= 0.6 is 11.8 Å². The smallest absolute Gasteiger partial charge is 0.274 e. The van der Waals surface area contributed by atoms with Crippen LogP contribution in [0.2, 0.25) is 0 Å². The molecule has 0 amide bonds. The second-order valence-corrected chi connectivity index (χ2v) is 8.01. The first-order valence-electron chi connectivity index (χ1n) is 9.55. The van der Waals surface area contributed by atoms with Crippen LogP contribution in [0.1, 0.15) is 43.8 Å². The zero-order valence-corrected chi connectivity index (χ0v) is 16.4. The normalized spacial score (nSPS) is 15.3. The molecule has 1 aliphatic rings. The number of anilines is 1. The Balaban J connectivity index is 1.46. The molecule has 0 unspecified atom stereocenters. The maximum Gasteiger partial charge on any atom is 0.274 e. The molecule has 5 rings (SSSR count). The van der Waals surface area contributed by atoms with E-state index in [1.807, 2.05) is 12.1 Å². The molecular weight excluding hydrogens is 392 g/mol. The molecule has 0 bridgehead atoms. The molecule has 0 aliphatic heterocycles. The summed E-state index contributed by atoms with van der Waals surface area (Å²) in [5.74, 6) is 2.34. The van der Waals surface area contributed by atoms with Gasteiger partial charge in [0.15, 0.2) is 10.9 Å². The van der Waals surface area contributed by atoms with Gasteiger partial charge in [-0.2, -0.15) is 9.50 Å². The van der Waals surface area contributed by atoms with E-state index in [0.29, 0.717) is 23.2 Å². The molecule has 0 spiro atoms. The minimum atomic E-state index is -0.250. The van der Waals surface area contributed by atoms with Crippen LogP contribution < -0.4 is 11.3 Å². The zero-order valence-electron chi connectivity index (χ0n) is 15.6. The van der Waals surface area contributed by atoms with Crippen molar-refractivity contribution in [2.24, 2.45) is 0 Å². The van der Waals surface area contributed by atoms with Crippen molar-refractivity contribution < 1.29 is 4.42 Å². The van der Waals surface area contributed by atoms with E-state index in [1.165, 1.54) is 41.6 Å². The van der Waals surface area contributed by atoms with Crippen molar-refractivity contribution in [3.8, 4) is 11.6 Å². The predicted octanol–water partition coefficient (Wildman–Crippen LogP) is 2.65. The Labute approximate surface area is 169 Å². The standard InChI is InChI=1S/C18H20N8O2S/c19-16-21-17-20-11(9-14(27)26(17)24-16)10-29-18-23-22-15(13-7-4-8-28-13)25(18)12-5-2-1-3-6-12/h4,7-9,12H,1-3,5-6,10H2,(H3,19,20,21,24). The average molecular weight is 412 g/mol. The van der Waals surface area contributed by atoms with Crippen LogP contribution in [0.15, 0.2) is 38.8 Å². The lowest BCUT2D eigenvalue weighted by atomic mass is 9.95.